The first-order chi connectivity index (χ1) is 9.22. The molecule has 1 aliphatic heterocycles. The number of nitrogens with zero attached hydrogens (tertiary/aromatic N) is 3. The van der Waals surface area contributed by atoms with E-state index < -0.39 is 0 Å². The monoisotopic (exact) mass is 322 g/mol. The van der Waals surface area contributed by atoms with Gasteiger partial charge < -0.3 is 9.84 Å². The van der Waals surface area contributed by atoms with E-state index in [0.717, 1.165) is 23.1 Å². The van der Waals surface area contributed by atoms with Crippen molar-refractivity contribution in [1.29, 1.82) is 0 Å². The largest absolute Gasteiger partial charge is 0.338 e. The van der Waals surface area contributed by atoms with E-state index in [4.69, 9.17) is 4.52 Å². The van der Waals surface area contributed by atoms with Gasteiger partial charge in [-0.1, -0.05) is 33.2 Å². The lowest BCUT2D eigenvalue weighted by Gasteiger charge is -2.34. The van der Waals surface area contributed by atoms with E-state index >= 15 is 0 Å². The minimum Gasteiger partial charge on any atom is -0.338 e. The molecule has 0 spiro atoms. The highest BCUT2D eigenvalue weighted by atomic mass is 79.9. The Labute approximate surface area is 120 Å². The Hall–Kier alpha value is -1.24. The van der Waals surface area contributed by atoms with E-state index in [1.54, 1.807) is 0 Å². The molecule has 100 valence electrons. The number of halogens is 1. The first-order valence-electron chi connectivity index (χ1n) is 6.22. The number of aromatic nitrogens is 2. The number of nitrogens with one attached hydrogen (secondary N) is 1. The molecule has 1 fully saturated rings. The van der Waals surface area contributed by atoms with Crippen LogP contribution in [0.2, 0.25) is 0 Å². The molecule has 1 aromatic heterocycles. The molecule has 2 heterocycles. The van der Waals surface area contributed by atoms with Gasteiger partial charge in [-0.3, -0.25) is 4.90 Å². The maximum atomic E-state index is 5.31. The van der Waals surface area contributed by atoms with Crippen LogP contribution < -0.4 is 5.32 Å². The Balaban J connectivity index is 1.72. The van der Waals surface area contributed by atoms with E-state index in [-0.39, 0.29) is 0 Å². The second-order valence-electron chi connectivity index (χ2n) is 4.75. The summed E-state index contributed by atoms with van der Waals surface area (Å²) in [5, 5.41) is 7.29. The zero-order chi connectivity index (χ0) is 13.2. The highest BCUT2D eigenvalue weighted by Crippen LogP contribution is 2.20. The molecule has 19 heavy (non-hydrogen) atoms. The van der Waals surface area contributed by atoms with E-state index in [0.29, 0.717) is 24.3 Å². The van der Waals surface area contributed by atoms with Crippen LogP contribution in [0.15, 0.2) is 33.3 Å². The summed E-state index contributed by atoms with van der Waals surface area (Å²) in [4.78, 5) is 6.67. The Morgan fingerprint density at radius 2 is 2.32 bits per heavy atom. The van der Waals surface area contributed by atoms with Gasteiger partial charge >= 0.3 is 0 Å². The maximum absolute atomic E-state index is 5.31. The second kappa shape index (κ2) is 5.40. The van der Waals surface area contributed by atoms with E-state index in [1.807, 2.05) is 24.3 Å². The predicted molar refractivity (Wildman–Crippen MR) is 75.6 cm³/mol. The zero-order valence-corrected chi connectivity index (χ0v) is 12.2. The van der Waals surface area contributed by atoms with Crippen molar-refractivity contribution in [3.05, 3.63) is 34.6 Å². The summed E-state index contributed by atoms with van der Waals surface area (Å²) in [6.07, 6.45) is 0. The highest BCUT2D eigenvalue weighted by Gasteiger charge is 2.23. The standard InChI is InChI=1S/C13H15BrN4O/c1-18(11-6-15-7-11)8-12-16-13(17-19-12)9-3-2-4-10(14)5-9/h2-5,11,15H,6-8H2,1H3. The van der Waals surface area contributed by atoms with Crippen LogP contribution in [0, 0.1) is 0 Å². The van der Waals surface area contributed by atoms with Gasteiger partial charge in [0.15, 0.2) is 0 Å². The smallest absolute Gasteiger partial charge is 0.241 e. The summed E-state index contributed by atoms with van der Waals surface area (Å²) in [5.74, 6) is 1.29. The van der Waals surface area contributed by atoms with Crippen LogP contribution in [0.3, 0.4) is 0 Å². The van der Waals surface area contributed by atoms with E-state index in [2.05, 4.69) is 43.3 Å². The fourth-order valence-electron chi connectivity index (χ4n) is 1.99. The lowest BCUT2D eigenvalue weighted by molar-refractivity contribution is 0.155. The molecule has 1 saturated heterocycles. The van der Waals surface area contributed by atoms with Crippen LogP contribution in [0.25, 0.3) is 11.4 Å². The molecule has 1 aromatic carbocycles. The first kappa shape index (κ1) is 12.8. The minimum absolute atomic E-state index is 0.571. The number of benzene rings is 1. The van der Waals surface area contributed by atoms with Gasteiger partial charge in [0, 0.05) is 29.2 Å². The van der Waals surface area contributed by atoms with Gasteiger partial charge in [0.05, 0.1) is 6.54 Å². The summed E-state index contributed by atoms with van der Waals surface area (Å²) in [6, 6.07) is 8.46. The van der Waals surface area contributed by atoms with Crippen LogP contribution >= 0.6 is 15.9 Å². The molecular weight excluding hydrogens is 308 g/mol. The molecule has 0 saturated carbocycles. The molecule has 3 rings (SSSR count). The first-order valence-corrected chi connectivity index (χ1v) is 7.01. The van der Waals surface area contributed by atoms with Crippen molar-refractivity contribution in [2.45, 2.75) is 12.6 Å². The average molecular weight is 323 g/mol. The normalized spacial score (nSPS) is 15.7. The molecule has 2 aromatic rings. The fraction of sp³-hybridized carbons (Fsp3) is 0.385. The molecule has 0 amide bonds. The molecule has 0 atom stereocenters. The van der Waals surface area contributed by atoms with Gasteiger partial charge in [-0.2, -0.15) is 4.98 Å². The Kier molecular flexibility index (Phi) is 3.63. The summed E-state index contributed by atoms with van der Waals surface area (Å²) < 4.78 is 6.32. The van der Waals surface area contributed by atoms with Crippen molar-refractivity contribution in [2.75, 3.05) is 20.1 Å². The van der Waals surface area contributed by atoms with E-state index in [9.17, 15) is 0 Å². The summed E-state index contributed by atoms with van der Waals surface area (Å²) in [6.45, 7) is 2.75. The lowest BCUT2D eigenvalue weighted by Crippen LogP contribution is -2.55. The molecule has 0 bridgehead atoms. The quantitative estimate of drug-likeness (QED) is 0.931. The third-order valence-corrected chi connectivity index (χ3v) is 3.81. The van der Waals surface area contributed by atoms with Crippen molar-refractivity contribution < 1.29 is 4.52 Å². The molecule has 1 aliphatic rings. The Morgan fingerprint density at radius 3 is 3.00 bits per heavy atom. The van der Waals surface area contributed by atoms with Crippen molar-refractivity contribution in [1.82, 2.24) is 20.4 Å². The topological polar surface area (TPSA) is 54.2 Å². The molecule has 6 heteroatoms. The number of likely N-dealkylation sites (N-methyl/N-ethyl adjacent to an activating group) is 1. The summed E-state index contributed by atoms with van der Waals surface area (Å²) in [7, 11) is 2.08. The van der Waals surface area contributed by atoms with Crippen molar-refractivity contribution in [2.24, 2.45) is 0 Å². The molecule has 0 aliphatic carbocycles. The lowest BCUT2D eigenvalue weighted by atomic mass is 10.1. The van der Waals surface area contributed by atoms with Crippen LogP contribution in [-0.4, -0.2) is 41.2 Å². The van der Waals surface area contributed by atoms with Crippen LogP contribution in [0.5, 0.6) is 0 Å². The molecule has 0 radical (unpaired) electrons. The average Bonchev–Trinajstić information content (AvgIpc) is 2.75. The van der Waals surface area contributed by atoms with Crippen LogP contribution in [0.1, 0.15) is 5.89 Å². The number of hydrogen-bond acceptors (Lipinski definition) is 5. The van der Waals surface area contributed by atoms with Gasteiger partial charge in [0.2, 0.25) is 11.7 Å². The predicted octanol–water partition coefficient (Wildman–Crippen LogP) is 1.90. The minimum atomic E-state index is 0.571. The third kappa shape index (κ3) is 2.86. The van der Waals surface area contributed by atoms with Gasteiger partial charge in [-0.25, -0.2) is 0 Å². The van der Waals surface area contributed by atoms with Crippen molar-refractivity contribution >= 4 is 15.9 Å². The Morgan fingerprint density at radius 1 is 1.47 bits per heavy atom. The Bertz CT molecular complexity index is 567. The third-order valence-electron chi connectivity index (χ3n) is 3.32. The highest BCUT2D eigenvalue weighted by molar-refractivity contribution is 9.10. The molecular formula is C13H15BrN4O. The zero-order valence-electron chi connectivity index (χ0n) is 10.6. The van der Waals surface area contributed by atoms with Crippen LogP contribution in [-0.2, 0) is 6.54 Å². The van der Waals surface area contributed by atoms with Crippen molar-refractivity contribution in [3.8, 4) is 11.4 Å². The van der Waals surface area contributed by atoms with Crippen LogP contribution in [0.4, 0.5) is 0 Å². The van der Waals surface area contributed by atoms with Gasteiger partial charge in [-0.15, -0.1) is 0 Å². The molecule has 5 nitrogen and oxygen atoms in total. The van der Waals surface area contributed by atoms with E-state index in [1.165, 1.54) is 0 Å². The number of hydrogen-bond donors (Lipinski definition) is 1. The maximum Gasteiger partial charge on any atom is 0.241 e. The van der Waals surface area contributed by atoms with Gasteiger partial charge in [0.1, 0.15) is 0 Å². The van der Waals surface area contributed by atoms with Crippen molar-refractivity contribution in [3.63, 3.8) is 0 Å². The molecule has 1 N–H and O–H groups in total. The van der Waals surface area contributed by atoms with Gasteiger partial charge in [0.25, 0.3) is 0 Å². The second-order valence-corrected chi connectivity index (χ2v) is 5.66. The fourth-order valence-corrected chi connectivity index (χ4v) is 2.39. The summed E-state index contributed by atoms with van der Waals surface area (Å²) in [5.41, 5.74) is 0.956. The molecule has 0 unspecified atom stereocenters. The number of rotatable bonds is 4. The summed E-state index contributed by atoms with van der Waals surface area (Å²) >= 11 is 3.44. The SMILES string of the molecule is CN(Cc1nc(-c2cccc(Br)c2)no1)C1CNC1. The van der Waals surface area contributed by atoms with Gasteiger partial charge in [-0.05, 0) is 19.2 Å².